The molecule has 1 N–H and O–H groups in total. The molecule has 0 atom stereocenters. The van der Waals surface area contributed by atoms with Gasteiger partial charge in [0, 0.05) is 23.9 Å². The first-order valence-electron chi connectivity index (χ1n) is 7.58. The van der Waals surface area contributed by atoms with Crippen LogP contribution in [0.3, 0.4) is 0 Å². The van der Waals surface area contributed by atoms with Gasteiger partial charge in [0.2, 0.25) is 0 Å². The third kappa shape index (κ3) is 5.75. The lowest BCUT2D eigenvalue weighted by Gasteiger charge is -2.09. The standard InChI is InChI=1S/C19H22O4/c1-14(5-4-11-19(2,3)21)10-12-22-16-8-6-15-7-9-18(20)23-17(15)13-16/h4-9,11,13,21H,10,12H2,1-3H3/b11-4+,14-5-. The van der Waals surface area contributed by atoms with E-state index in [2.05, 4.69) is 0 Å². The molecular formula is C19H22O4. The molecule has 0 spiro atoms. The van der Waals surface area contributed by atoms with Gasteiger partial charge in [-0.05, 0) is 39.0 Å². The van der Waals surface area contributed by atoms with E-state index in [-0.39, 0.29) is 5.63 Å². The average Bonchev–Trinajstić information content (AvgIpc) is 2.45. The predicted octanol–water partition coefficient (Wildman–Crippen LogP) is 3.84. The van der Waals surface area contributed by atoms with Crippen LogP contribution in [0.5, 0.6) is 5.75 Å². The highest BCUT2D eigenvalue weighted by Gasteiger charge is 2.04. The van der Waals surface area contributed by atoms with Crippen LogP contribution < -0.4 is 10.4 Å². The number of ether oxygens (including phenoxy) is 1. The molecule has 122 valence electrons. The van der Waals surface area contributed by atoms with E-state index in [0.717, 1.165) is 17.4 Å². The summed E-state index contributed by atoms with van der Waals surface area (Å²) in [6.07, 6.45) is 6.32. The Kier molecular flexibility index (Phi) is 5.40. The highest BCUT2D eigenvalue weighted by Crippen LogP contribution is 2.19. The van der Waals surface area contributed by atoms with Crippen LogP contribution >= 0.6 is 0 Å². The Morgan fingerprint density at radius 1 is 1.30 bits per heavy atom. The van der Waals surface area contributed by atoms with Crippen LogP contribution in [0.2, 0.25) is 0 Å². The Morgan fingerprint density at radius 2 is 2.04 bits per heavy atom. The number of fused-ring (bicyclic) bond motifs is 1. The number of rotatable bonds is 6. The molecule has 2 aromatic rings. The summed E-state index contributed by atoms with van der Waals surface area (Å²) >= 11 is 0. The van der Waals surface area contributed by atoms with E-state index in [4.69, 9.17) is 9.15 Å². The van der Waals surface area contributed by atoms with E-state index in [1.165, 1.54) is 6.07 Å². The van der Waals surface area contributed by atoms with Crippen LogP contribution in [0.15, 0.2) is 63.3 Å². The zero-order valence-electron chi connectivity index (χ0n) is 13.7. The van der Waals surface area contributed by atoms with Crippen molar-refractivity contribution in [3.05, 3.63) is 64.6 Å². The van der Waals surface area contributed by atoms with E-state index in [1.54, 1.807) is 32.1 Å². The van der Waals surface area contributed by atoms with E-state index >= 15 is 0 Å². The molecule has 0 fully saturated rings. The molecule has 0 unspecified atom stereocenters. The molecule has 0 bridgehead atoms. The van der Waals surface area contributed by atoms with Gasteiger partial charge in [-0.25, -0.2) is 4.79 Å². The first-order valence-corrected chi connectivity index (χ1v) is 7.58. The minimum Gasteiger partial charge on any atom is -0.493 e. The maximum Gasteiger partial charge on any atom is 0.336 e. The quantitative estimate of drug-likeness (QED) is 0.650. The second kappa shape index (κ2) is 7.29. The van der Waals surface area contributed by atoms with Crippen LogP contribution in [0.4, 0.5) is 0 Å². The van der Waals surface area contributed by atoms with Crippen molar-refractivity contribution < 1.29 is 14.3 Å². The van der Waals surface area contributed by atoms with Gasteiger partial charge in [-0.3, -0.25) is 0 Å². The molecule has 1 aromatic heterocycles. The Morgan fingerprint density at radius 3 is 2.78 bits per heavy atom. The monoisotopic (exact) mass is 314 g/mol. The molecule has 1 heterocycles. The molecule has 0 radical (unpaired) electrons. The third-order valence-corrected chi connectivity index (χ3v) is 3.24. The van der Waals surface area contributed by atoms with E-state index in [9.17, 15) is 9.90 Å². The summed E-state index contributed by atoms with van der Waals surface area (Å²) in [6, 6.07) is 8.58. The second-order valence-electron chi connectivity index (χ2n) is 6.08. The van der Waals surface area contributed by atoms with Gasteiger partial charge in [0.1, 0.15) is 11.3 Å². The summed E-state index contributed by atoms with van der Waals surface area (Å²) in [5.41, 5.74) is 0.502. The van der Waals surface area contributed by atoms with Gasteiger partial charge in [-0.1, -0.05) is 23.8 Å². The van der Waals surface area contributed by atoms with Crippen molar-refractivity contribution in [2.24, 2.45) is 0 Å². The van der Waals surface area contributed by atoms with Crippen molar-refractivity contribution in [2.75, 3.05) is 6.61 Å². The number of benzene rings is 1. The van der Waals surface area contributed by atoms with Crippen molar-refractivity contribution >= 4 is 11.0 Å². The Balaban J connectivity index is 1.92. The number of aliphatic hydroxyl groups is 1. The van der Waals surface area contributed by atoms with Crippen molar-refractivity contribution in [1.29, 1.82) is 0 Å². The van der Waals surface area contributed by atoms with E-state index in [1.807, 2.05) is 31.2 Å². The van der Waals surface area contributed by atoms with Crippen molar-refractivity contribution in [3.63, 3.8) is 0 Å². The fourth-order valence-corrected chi connectivity index (χ4v) is 1.99. The molecule has 4 nitrogen and oxygen atoms in total. The molecule has 2 rings (SSSR count). The van der Waals surface area contributed by atoms with Gasteiger partial charge in [-0.2, -0.15) is 0 Å². The van der Waals surface area contributed by atoms with Crippen LogP contribution in [-0.2, 0) is 0 Å². The average molecular weight is 314 g/mol. The lowest BCUT2D eigenvalue weighted by molar-refractivity contribution is 0.133. The van der Waals surface area contributed by atoms with Crippen molar-refractivity contribution in [1.82, 2.24) is 0 Å². The van der Waals surface area contributed by atoms with Gasteiger partial charge >= 0.3 is 5.63 Å². The van der Waals surface area contributed by atoms with Crippen molar-refractivity contribution in [2.45, 2.75) is 32.8 Å². The summed E-state index contributed by atoms with van der Waals surface area (Å²) in [7, 11) is 0. The lowest BCUT2D eigenvalue weighted by Crippen LogP contribution is -2.13. The van der Waals surface area contributed by atoms with Crippen LogP contribution in [0, 0.1) is 0 Å². The Bertz CT molecular complexity index is 776. The highest BCUT2D eigenvalue weighted by atomic mass is 16.5. The summed E-state index contributed by atoms with van der Waals surface area (Å²) in [5, 5.41) is 10.5. The maximum absolute atomic E-state index is 11.2. The molecule has 0 aliphatic carbocycles. The Labute approximate surface area is 135 Å². The van der Waals surface area contributed by atoms with Gasteiger partial charge < -0.3 is 14.3 Å². The number of hydrogen-bond acceptors (Lipinski definition) is 4. The topological polar surface area (TPSA) is 59.7 Å². The molecule has 0 amide bonds. The molecule has 0 aliphatic heterocycles. The van der Waals surface area contributed by atoms with Crippen LogP contribution in [0.25, 0.3) is 11.0 Å². The zero-order chi connectivity index (χ0) is 16.9. The summed E-state index contributed by atoms with van der Waals surface area (Å²) in [5.74, 6) is 0.673. The largest absolute Gasteiger partial charge is 0.493 e. The zero-order valence-corrected chi connectivity index (χ0v) is 13.7. The van der Waals surface area contributed by atoms with Gasteiger partial charge in [0.05, 0.1) is 12.2 Å². The van der Waals surface area contributed by atoms with Gasteiger partial charge in [0.25, 0.3) is 0 Å². The SMILES string of the molecule is C/C(=C/C=C/C(C)(C)O)CCOc1ccc2ccc(=O)oc2c1. The minimum absolute atomic E-state index is 0.368. The predicted molar refractivity (Wildman–Crippen MR) is 91.8 cm³/mol. The van der Waals surface area contributed by atoms with Crippen molar-refractivity contribution in [3.8, 4) is 5.75 Å². The summed E-state index contributed by atoms with van der Waals surface area (Å²) in [4.78, 5) is 11.2. The van der Waals surface area contributed by atoms with E-state index in [0.29, 0.717) is 17.9 Å². The van der Waals surface area contributed by atoms with Crippen LogP contribution in [-0.4, -0.2) is 17.3 Å². The summed E-state index contributed by atoms with van der Waals surface area (Å²) < 4.78 is 10.8. The maximum atomic E-state index is 11.2. The highest BCUT2D eigenvalue weighted by molar-refractivity contribution is 5.77. The minimum atomic E-state index is -0.803. The summed E-state index contributed by atoms with van der Waals surface area (Å²) in [6.45, 7) is 6.00. The normalized spacial score (nSPS) is 13.0. The van der Waals surface area contributed by atoms with Gasteiger partial charge in [-0.15, -0.1) is 0 Å². The van der Waals surface area contributed by atoms with Crippen LogP contribution in [0.1, 0.15) is 27.2 Å². The fourth-order valence-electron chi connectivity index (χ4n) is 1.99. The van der Waals surface area contributed by atoms with E-state index < -0.39 is 5.60 Å². The third-order valence-electron chi connectivity index (χ3n) is 3.24. The lowest BCUT2D eigenvalue weighted by atomic mass is 10.1. The van der Waals surface area contributed by atoms with Gasteiger partial charge in [0.15, 0.2) is 0 Å². The molecule has 0 saturated heterocycles. The molecule has 0 aliphatic rings. The molecule has 1 aromatic carbocycles. The molecule has 0 saturated carbocycles. The number of hydrogen-bond donors (Lipinski definition) is 1. The number of allylic oxidation sites excluding steroid dienone is 2. The second-order valence-corrected chi connectivity index (χ2v) is 6.08. The first-order chi connectivity index (χ1) is 10.8. The Hall–Kier alpha value is -2.33. The fraction of sp³-hybridized carbons (Fsp3) is 0.316. The molecule has 4 heteroatoms. The molecular weight excluding hydrogens is 292 g/mol. The molecule has 23 heavy (non-hydrogen) atoms. The first kappa shape index (κ1) is 17.0. The smallest absolute Gasteiger partial charge is 0.336 e.